The number of aromatic nitrogens is 2. The molecule has 172 valence electrons. The van der Waals surface area contributed by atoms with Crippen LogP contribution in [0.2, 0.25) is 0 Å². The molecule has 0 amide bonds. The molecule has 4 rings (SSSR count). The number of anilines is 3. The number of rotatable bonds is 5. The Hall–Kier alpha value is -2.41. The van der Waals surface area contributed by atoms with Gasteiger partial charge in [-0.05, 0) is 101 Å². The molecule has 2 aliphatic rings. The maximum absolute atomic E-state index is 5.56. The van der Waals surface area contributed by atoms with Gasteiger partial charge in [-0.3, -0.25) is 0 Å². The third-order valence-electron chi connectivity index (χ3n) is 6.75. The van der Waals surface area contributed by atoms with Gasteiger partial charge in [0.1, 0.15) is 5.82 Å². The van der Waals surface area contributed by atoms with Gasteiger partial charge in [0.2, 0.25) is 5.95 Å². The predicted octanol–water partition coefficient (Wildman–Crippen LogP) is 4.75. The first-order valence-corrected chi connectivity index (χ1v) is 12.3. The van der Waals surface area contributed by atoms with E-state index in [2.05, 4.69) is 67.0 Å². The molecule has 0 bridgehead atoms. The van der Waals surface area contributed by atoms with E-state index in [9.17, 15) is 0 Å². The molecule has 1 aromatic carbocycles. The summed E-state index contributed by atoms with van der Waals surface area (Å²) in [5.41, 5.74) is 6.18. The fraction of sp³-hybridized carbons (Fsp3) is 0.560. The lowest BCUT2D eigenvalue weighted by molar-refractivity contribution is 0.387. The van der Waals surface area contributed by atoms with Crippen molar-refractivity contribution in [2.24, 2.45) is 0 Å². The van der Waals surface area contributed by atoms with Gasteiger partial charge in [0.15, 0.2) is 5.11 Å². The highest BCUT2D eigenvalue weighted by Crippen LogP contribution is 2.29. The molecule has 1 fully saturated rings. The zero-order chi connectivity index (χ0) is 22.7. The van der Waals surface area contributed by atoms with Crippen molar-refractivity contribution in [3.8, 4) is 0 Å². The van der Waals surface area contributed by atoms with Crippen LogP contribution in [0.1, 0.15) is 60.9 Å². The molecule has 0 atom stereocenters. The van der Waals surface area contributed by atoms with Crippen molar-refractivity contribution < 1.29 is 0 Å². The first-order chi connectivity index (χ1) is 15.4. The molecule has 6 nitrogen and oxygen atoms in total. The van der Waals surface area contributed by atoms with E-state index >= 15 is 0 Å². The maximum Gasteiger partial charge on any atom is 0.225 e. The molecule has 2 aromatic rings. The lowest BCUT2D eigenvalue weighted by Crippen LogP contribution is -2.42. The molecule has 3 N–H and O–H groups in total. The highest BCUT2D eigenvalue weighted by Gasteiger charge is 2.24. The summed E-state index contributed by atoms with van der Waals surface area (Å²) in [6, 6.07) is 7.16. The molecule has 0 aliphatic heterocycles. The SMILES string of the molecule is Cc1ccc(NC(=S)NC2CCC(Nc3nc4c(c(N(C)C)n3)CCCC4)CC2)cc1C. The highest BCUT2D eigenvalue weighted by atomic mass is 32.1. The minimum absolute atomic E-state index is 0.404. The second-order valence-electron chi connectivity index (χ2n) is 9.49. The van der Waals surface area contributed by atoms with Gasteiger partial charge in [0.25, 0.3) is 0 Å². The minimum atomic E-state index is 0.404. The van der Waals surface area contributed by atoms with E-state index in [4.69, 9.17) is 22.2 Å². The number of aryl methyl sites for hydroxylation is 3. The number of benzene rings is 1. The van der Waals surface area contributed by atoms with Gasteiger partial charge in [-0.1, -0.05) is 6.07 Å². The Morgan fingerprint density at radius 3 is 2.41 bits per heavy atom. The Balaban J connectivity index is 1.30. The highest BCUT2D eigenvalue weighted by molar-refractivity contribution is 7.80. The summed E-state index contributed by atoms with van der Waals surface area (Å²) in [4.78, 5) is 11.9. The van der Waals surface area contributed by atoms with Crippen molar-refractivity contribution >= 4 is 34.8 Å². The van der Waals surface area contributed by atoms with Gasteiger partial charge in [-0.2, -0.15) is 4.98 Å². The lowest BCUT2D eigenvalue weighted by atomic mass is 9.91. The fourth-order valence-corrected chi connectivity index (χ4v) is 5.03. The molecule has 0 radical (unpaired) electrons. The molecule has 1 aromatic heterocycles. The maximum atomic E-state index is 5.56. The van der Waals surface area contributed by atoms with Crippen molar-refractivity contribution in [3.63, 3.8) is 0 Å². The van der Waals surface area contributed by atoms with Gasteiger partial charge in [-0.25, -0.2) is 4.98 Å². The van der Waals surface area contributed by atoms with Crippen LogP contribution in [-0.2, 0) is 12.8 Å². The Morgan fingerprint density at radius 1 is 0.969 bits per heavy atom. The lowest BCUT2D eigenvalue weighted by Gasteiger charge is -2.31. The van der Waals surface area contributed by atoms with Crippen LogP contribution in [0.15, 0.2) is 18.2 Å². The van der Waals surface area contributed by atoms with Crippen LogP contribution in [0.3, 0.4) is 0 Å². The normalized spacial score (nSPS) is 20.2. The number of nitrogens with zero attached hydrogens (tertiary/aromatic N) is 3. The molecule has 0 spiro atoms. The molecule has 1 heterocycles. The summed E-state index contributed by atoms with van der Waals surface area (Å²) in [5, 5.41) is 11.2. The first kappa shape index (κ1) is 22.8. The zero-order valence-electron chi connectivity index (χ0n) is 19.8. The van der Waals surface area contributed by atoms with Crippen LogP contribution in [0.25, 0.3) is 0 Å². The van der Waals surface area contributed by atoms with Crippen molar-refractivity contribution in [2.45, 2.75) is 77.3 Å². The van der Waals surface area contributed by atoms with Crippen LogP contribution in [0.4, 0.5) is 17.5 Å². The van der Waals surface area contributed by atoms with Crippen LogP contribution in [0, 0.1) is 13.8 Å². The van der Waals surface area contributed by atoms with E-state index < -0.39 is 0 Å². The van der Waals surface area contributed by atoms with Crippen LogP contribution in [-0.4, -0.2) is 41.3 Å². The van der Waals surface area contributed by atoms with Crippen molar-refractivity contribution in [1.29, 1.82) is 0 Å². The zero-order valence-corrected chi connectivity index (χ0v) is 20.6. The number of fused-ring (bicyclic) bond motifs is 1. The molecule has 32 heavy (non-hydrogen) atoms. The Bertz CT molecular complexity index is 965. The van der Waals surface area contributed by atoms with Crippen molar-refractivity contribution in [1.82, 2.24) is 15.3 Å². The molecule has 0 unspecified atom stereocenters. The third kappa shape index (κ3) is 5.49. The molecular weight excluding hydrogens is 416 g/mol. The molecule has 1 saturated carbocycles. The summed E-state index contributed by atoms with van der Waals surface area (Å²) < 4.78 is 0. The quantitative estimate of drug-likeness (QED) is 0.566. The summed E-state index contributed by atoms with van der Waals surface area (Å²) in [6.07, 6.45) is 8.95. The second kappa shape index (κ2) is 10.0. The average Bonchev–Trinajstić information content (AvgIpc) is 2.77. The third-order valence-corrected chi connectivity index (χ3v) is 6.97. The number of thiocarbonyl (C=S) groups is 1. The van der Waals surface area contributed by atoms with Gasteiger partial charge >= 0.3 is 0 Å². The van der Waals surface area contributed by atoms with E-state index in [1.54, 1.807) is 0 Å². The van der Waals surface area contributed by atoms with E-state index in [-0.39, 0.29) is 0 Å². The number of hydrogen-bond donors (Lipinski definition) is 3. The summed E-state index contributed by atoms with van der Waals surface area (Å²) in [6.45, 7) is 4.25. The monoisotopic (exact) mass is 452 g/mol. The van der Waals surface area contributed by atoms with Crippen molar-refractivity contribution in [2.75, 3.05) is 29.6 Å². The van der Waals surface area contributed by atoms with E-state index in [0.717, 1.165) is 56.0 Å². The average molecular weight is 453 g/mol. The summed E-state index contributed by atoms with van der Waals surface area (Å²) in [5.74, 6) is 1.87. The number of nitrogens with one attached hydrogen (secondary N) is 3. The van der Waals surface area contributed by atoms with Crippen molar-refractivity contribution in [3.05, 3.63) is 40.6 Å². The van der Waals surface area contributed by atoms with Gasteiger partial charge in [-0.15, -0.1) is 0 Å². The van der Waals surface area contributed by atoms with Gasteiger partial charge in [0.05, 0.1) is 5.69 Å². The van der Waals surface area contributed by atoms with E-state index in [0.29, 0.717) is 17.2 Å². The van der Waals surface area contributed by atoms with E-state index in [1.165, 1.54) is 35.2 Å². The minimum Gasteiger partial charge on any atom is -0.362 e. The Kier molecular flexibility index (Phi) is 7.13. The Labute approximate surface area is 197 Å². The molecule has 0 saturated heterocycles. The Morgan fingerprint density at radius 2 is 1.69 bits per heavy atom. The topological polar surface area (TPSA) is 65.1 Å². The van der Waals surface area contributed by atoms with Gasteiger partial charge in [0, 0.05) is 37.4 Å². The largest absolute Gasteiger partial charge is 0.362 e. The summed E-state index contributed by atoms with van der Waals surface area (Å²) >= 11 is 5.56. The first-order valence-electron chi connectivity index (χ1n) is 11.9. The second-order valence-corrected chi connectivity index (χ2v) is 9.90. The predicted molar refractivity (Wildman–Crippen MR) is 138 cm³/mol. The smallest absolute Gasteiger partial charge is 0.225 e. The van der Waals surface area contributed by atoms with Gasteiger partial charge < -0.3 is 20.9 Å². The number of hydrogen-bond acceptors (Lipinski definition) is 5. The van der Waals surface area contributed by atoms with E-state index in [1.807, 2.05) is 0 Å². The van der Waals surface area contributed by atoms with Crippen LogP contribution in [0.5, 0.6) is 0 Å². The van der Waals surface area contributed by atoms with Crippen LogP contribution < -0.4 is 20.9 Å². The fourth-order valence-electron chi connectivity index (χ4n) is 4.75. The summed E-state index contributed by atoms with van der Waals surface area (Å²) in [7, 11) is 4.15. The molecule has 7 heteroatoms. The molecular formula is C25H36N6S. The molecule has 2 aliphatic carbocycles. The van der Waals surface area contributed by atoms with Crippen LogP contribution >= 0.6 is 12.2 Å². The standard InChI is InChI=1S/C25H36N6S/c1-16-9-10-20(15-17(16)2)28-25(32)27-19-13-11-18(12-14-19)26-24-29-22-8-6-5-7-21(22)23(30-24)31(3)4/h9-10,15,18-19H,5-8,11-14H2,1-4H3,(H,26,29,30)(H2,27,28,32).